The average molecular weight is 254 g/mol. The second-order valence-electron chi connectivity index (χ2n) is 3.88. The van der Waals surface area contributed by atoms with Crippen LogP contribution in [0.1, 0.15) is 25.6 Å². The molecule has 1 heterocycles. The third-order valence-electron chi connectivity index (χ3n) is 2.57. The van der Waals surface area contributed by atoms with Crippen molar-refractivity contribution < 1.29 is 18.3 Å². The molecule has 4 nitrogen and oxygen atoms in total. The van der Waals surface area contributed by atoms with Crippen LogP contribution in [-0.4, -0.2) is 22.5 Å². The summed E-state index contributed by atoms with van der Waals surface area (Å²) in [6.45, 7) is 3.54. The minimum absolute atomic E-state index is 0.0162. The van der Waals surface area contributed by atoms with E-state index in [4.69, 9.17) is 4.74 Å². The molecule has 2 rings (SSSR count). The van der Waals surface area contributed by atoms with E-state index in [1.807, 2.05) is 0 Å². The van der Waals surface area contributed by atoms with E-state index in [2.05, 4.69) is 9.97 Å². The summed E-state index contributed by atoms with van der Waals surface area (Å²) < 4.78 is 31.3. The molecule has 1 aromatic heterocycles. The van der Waals surface area contributed by atoms with Gasteiger partial charge in [0.2, 0.25) is 0 Å². The van der Waals surface area contributed by atoms with Crippen LogP contribution in [0.25, 0.3) is 11.0 Å². The molecule has 1 N–H and O–H groups in total. The van der Waals surface area contributed by atoms with Gasteiger partial charge in [-0.1, -0.05) is 0 Å². The fraction of sp³-hybridized carbons (Fsp3) is 0.333. The number of imidazole rings is 1. The largest absolute Gasteiger partial charge is 0.465 e. The van der Waals surface area contributed by atoms with Gasteiger partial charge in [0.25, 0.3) is 0 Å². The first-order chi connectivity index (χ1) is 8.52. The predicted molar refractivity (Wildman–Crippen MR) is 61.1 cm³/mol. The van der Waals surface area contributed by atoms with Gasteiger partial charge in [0, 0.05) is 6.07 Å². The first-order valence-electron chi connectivity index (χ1n) is 5.54. The number of carbonyl (C=O) groups excluding carboxylic acids is 1. The van der Waals surface area contributed by atoms with Crippen LogP contribution in [-0.2, 0) is 9.53 Å². The molecule has 1 unspecified atom stereocenters. The highest BCUT2D eigenvalue weighted by atomic mass is 19.1. The summed E-state index contributed by atoms with van der Waals surface area (Å²) in [5, 5.41) is 0. The smallest absolute Gasteiger partial charge is 0.316 e. The summed E-state index contributed by atoms with van der Waals surface area (Å²) in [5.41, 5.74) is 0.237. The van der Waals surface area contributed by atoms with E-state index in [0.29, 0.717) is 0 Å². The average Bonchev–Trinajstić information content (AvgIpc) is 2.72. The van der Waals surface area contributed by atoms with Gasteiger partial charge in [-0.2, -0.15) is 0 Å². The van der Waals surface area contributed by atoms with E-state index in [9.17, 15) is 13.6 Å². The lowest BCUT2D eigenvalue weighted by Gasteiger charge is -2.06. The van der Waals surface area contributed by atoms with Gasteiger partial charge in [0.15, 0.2) is 5.82 Å². The van der Waals surface area contributed by atoms with Crippen molar-refractivity contribution in [3.8, 4) is 0 Å². The minimum Gasteiger partial charge on any atom is -0.465 e. The molecule has 18 heavy (non-hydrogen) atoms. The van der Waals surface area contributed by atoms with E-state index < -0.39 is 23.5 Å². The highest BCUT2D eigenvalue weighted by molar-refractivity contribution is 5.80. The topological polar surface area (TPSA) is 55.0 Å². The van der Waals surface area contributed by atoms with Crippen molar-refractivity contribution >= 4 is 17.0 Å². The Morgan fingerprint density at radius 2 is 2.22 bits per heavy atom. The zero-order valence-electron chi connectivity index (χ0n) is 9.96. The van der Waals surface area contributed by atoms with Crippen LogP contribution in [0.4, 0.5) is 8.78 Å². The van der Waals surface area contributed by atoms with Gasteiger partial charge in [0.1, 0.15) is 23.1 Å². The number of benzene rings is 1. The first kappa shape index (κ1) is 12.5. The second kappa shape index (κ2) is 4.72. The van der Waals surface area contributed by atoms with Crippen LogP contribution in [0.15, 0.2) is 12.1 Å². The quantitative estimate of drug-likeness (QED) is 0.856. The van der Waals surface area contributed by atoms with E-state index >= 15 is 0 Å². The van der Waals surface area contributed by atoms with Crippen molar-refractivity contribution in [1.29, 1.82) is 0 Å². The number of nitrogens with zero attached hydrogens (tertiary/aromatic N) is 1. The van der Waals surface area contributed by atoms with Crippen LogP contribution in [0, 0.1) is 11.6 Å². The molecule has 0 aliphatic heterocycles. The van der Waals surface area contributed by atoms with Crippen LogP contribution in [0.3, 0.4) is 0 Å². The van der Waals surface area contributed by atoms with Gasteiger partial charge in [-0.15, -0.1) is 0 Å². The number of halogens is 2. The second-order valence-corrected chi connectivity index (χ2v) is 3.88. The normalized spacial score (nSPS) is 12.7. The molecule has 0 saturated heterocycles. The molecule has 2 aromatic rings. The van der Waals surface area contributed by atoms with E-state index in [1.165, 1.54) is 0 Å². The van der Waals surface area contributed by atoms with Crippen molar-refractivity contribution in [2.75, 3.05) is 6.61 Å². The third kappa shape index (κ3) is 2.18. The molecule has 0 aliphatic carbocycles. The zero-order chi connectivity index (χ0) is 13.3. The van der Waals surface area contributed by atoms with Crippen molar-refractivity contribution in [2.24, 2.45) is 0 Å². The molecule has 6 heteroatoms. The summed E-state index contributed by atoms with van der Waals surface area (Å²) in [4.78, 5) is 18.2. The molecule has 0 radical (unpaired) electrons. The molecular weight excluding hydrogens is 242 g/mol. The van der Waals surface area contributed by atoms with Crippen LogP contribution >= 0.6 is 0 Å². The van der Waals surface area contributed by atoms with Gasteiger partial charge in [-0.3, -0.25) is 4.79 Å². The lowest BCUT2D eigenvalue weighted by molar-refractivity contribution is -0.144. The Hall–Kier alpha value is -1.98. The standard InChI is InChI=1S/C12H12F2N2O2/c1-3-18-12(17)6(2)11-15-9-5-7(13)4-8(14)10(9)16-11/h4-6H,3H2,1-2H3,(H,15,16). The number of carbonyl (C=O) groups is 1. The lowest BCUT2D eigenvalue weighted by Crippen LogP contribution is -2.14. The summed E-state index contributed by atoms with van der Waals surface area (Å²) in [6, 6.07) is 1.88. The van der Waals surface area contributed by atoms with Gasteiger partial charge in [-0.25, -0.2) is 13.8 Å². The third-order valence-corrected chi connectivity index (χ3v) is 2.57. The summed E-state index contributed by atoms with van der Waals surface area (Å²) >= 11 is 0. The maximum absolute atomic E-state index is 13.4. The Bertz CT molecular complexity index is 595. The molecule has 0 fully saturated rings. The van der Waals surface area contributed by atoms with Crippen LogP contribution < -0.4 is 0 Å². The van der Waals surface area contributed by atoms with E-state index in [1.54, 1.807) is 13.8 Å². The molecule has 0 saturated carbocycles. The highest BCUT2D eigenvalue weighted by Gasteiger charge is 2.21. The molecule has 0 bridgehead atoms. The molecule has 1 aromatic carbocycles. The van der Waals surface area contributed by atoms with Crippen molar-refractivity contribution in [1.82, 2.24) is 9.97 Å². The molecule has 0 aliphatic rings. The number of nitrogens with one attached hydrogen (secondary N) is 1. The van der Waals surface area contributed by atoms with Crippen LogP contribution in [0.5, 0.6) is 0 Å². The number of H-pyrrole nitrogens is 1. The van der Waals surface area contributed by atoms with E-state index in [0.717, 1.165) is 12.1 Å². The maximum Gasteiger partial charge on any atom is 0.316 e. The minimum atomic E-state index is -0.761. The number of aromatic amines is 1. The predicted octanol–water partition coefficient (Wildman–Crippen LogP) is 2.51. The first-order valence-corrected chi connectivity index (χ1v) is 5.54. The fourth-order valence-electron chi connectivity index (χ4n) is 1.65. The Kier molecular flexibility index (Phi) is 3.27. The van der Waals surface area contributed by atoms with Gasteiger partial charge < -0.3 is 9.72 Å². The summed E-state index contributed by atoms with van der Waals surface area (Å²) in [6.07, 6.45) is 0. The lowest BCUT2D eigenvalue weighted by atomic mass is 10.2. The van der Waals surface area contributed by atoms with Crippen molar-refractivity contribution in [2.45, 2.75) is 19.8 Å². The Morgan fingerprint density at radius 1 is 1.50 bits per heavy atom. The molecule has 0 amide bonds. The van der Waals surface area contributed by atoms with E-state index in [-0.39, 0.29) is 23.5 Å². The van der Waals surface area contributed by atoms with Crippen LogP contribution in [0.2, 0.25) is 0 Å². The maximum atomic E-state index is 13.4. The fourth-order valence-corrected chi connectivity index (χ4v) is 1.65. The summed E-state index contributed by atoms with van der Waals surface area (Å²) in [7, 11) is 0. The molecule has 1 atom stereocenters. The Morgan fingerprint density at radius 3 is 2.89 bits per heavy atom. The van der Waals surface area contributed by atoms with Gasteiger partial charge in [0.05, 0.1) is 12.1 Å². The number of ether oxygens (including phenoxy) is 1. The number of aromatic nitrogens is 2. The Labute approximate surface area is 102 Å². The molecule has 96 valence electrons. The Balaban J connectivity index is 2.41. The van der Waals surface area contributed by atoms with Crippen molar-refractivity contribution in [3.63, 3.8) is 0 Å². The van der Waals surface area contributed by atoms with Gasteiger partial charge >= 0.3 is 5.97 Å². The zero-order valence-corrected chi connectivity index (χ0v) is 9.96. The summed E-state index contributed by atoms with van der Waals surface area (Å²) in [5.74, 6) is -2.31. The molecule has 0 spiro atoms. The molecular formula is C12H12F2N2O2. The number of rotatable bonds is 3. The number of esters is 1. The highest BCUT2D eigenvalue weighted by Crippen LogP contribution is 2.21. The number of hydrogen-bond acceptors (Lipinski definition) is 3. The SMILES string of the molecule is CCOC(=O)C(C)c1nc2c(F)cc(F)cc2[nH]1. The van der Waals surface area contributed by atoms with Crippen molar-refractivity contribution in [3.05, 3.63) is 29.6 Å². The number of hydrogen-bond donors (Lipinski definition) is 1. The number of fused-ring (bicyclic) bond motifs is 1. The monoisotopic (exact) mass is 254 g/mol. The van der Waals surface area contributed by atoms with Gasteiger partial charge in [-0.05, 0) is 19.9 Å².